The highest BCUT2D eigenvalue weighted by atomic mass is 16.5. The Balaban J connectivity index is 1.17. The molecule has 2 aromatic carbocycles. The largest absolute Gasteiger partial charge is 0.457 e. The van der Waals surface area contributed by atoms with E-state index in [1.54, 1.807) is 13.2 Å². The van der Waals surface area contributed by atoms with E-state index in [0.29, 0.717) is 48.3 Å². The van der Waals surface area contributed by atoms with Gasteiger partial charge in [0, 0.05) is 51.0 Å². The number of para-hydroxylation sites is 1. The zero-order valence-corrected chi connectivity index (χ0v) is 23.2. The molecule has 10 nitrogen and oxygen atoms in total. The number of amides is 1. The van der Waals surface area contributed by atoms with Crippen molar-refractivity contribution in [3.63, 3.8) is 0 Å². The van der Waals surface area contributed by atoms with Crippen LogP contribution in [0.3, 0.4) is 0 Å². The maximum atomic E-state index is 13.0. The van der Waals surface area contributed by atoms with Crippen LogP contribution in [0.4, 0.5) is 5.82 Å². The van der Waals surface area contributed by atoms with Gasteiger partial charge in [0.25, 0.3) is 0 Å². The highest BCUT2D eigenvalue weighted by Gasteiger charge is 2.31. The lowest BCUT2D eigenvalue weighted by Crippen LogP contribution is -2.31. The van der Waals surface area contributed by atoms with E-state index in [1.807, 2.05) is 70.3 Å². The van der Waals surface area contributed by atoms with E-state index in [4.69, 9.17) is 20.3 Å². The summed E-state index contributed by atoms with van der Waals surface area (Å²) >= 11 is 0. The van der Waals surface area contributed by atoms with Crippen molar-refractivity contribution in [3.05, 3.63) is 73.1 Å². The predicted octanol–water partition coefficient (Wildman–Crippen LogP) is 4.31. The molecule has 1 aliphatic heterocycles. The molecule has 4 aromatic rings. The van der Waals surface area contributed by atoms with Crippen molar-refractivity contribution >= 4 is 22.8 Å². The summed E-state index contributed by atoms with van der Waals surface area (Å²) in [6, 6.07) is 18.0. The fourth-order valence-electron chi connectivity index (χ4n) is 5.36. The van der Waals surface area contributed by atoms with Gasteiger partial charge in [-0.25, -0.2) is 14.6 Å². The number of aromatic nitrogens is 4. The number of carbonyl (C=O) groups is 1. The third kappa shape index (κ3) is 6.08. The van der Waals surface area contributed by atoms with E-state index >= 15 is 0 Å². The van der Waals surface area contributed by atoms with E-state index in [0.717, 1.165) is 36.6 Å². The summed E-state index contributed by atoms with van der Waals surface area (Å²) in [4.78, 5) is 26.1. The highest BCUT2D eigenvalue weighted by molar-refractivity contribution is 5.98. The monoisotopic (exact) mass is 553 g/mol. The van der Waals surface area contributed by atoms with E-state index in [9.17, 15) is 4.79 Å². The van der Waals surface area contributed by atoms with Gasteiger partial charge < -0.3 is 20.1 Å². The van der Waals surface area contributed by atoms with Crippen LogP contribution >= 0.6 is 0 Å². The Morgan fingerprint density at radius 2 is 1.85 bits per heavy atom. The second-order valence-corrected chi connectivity index (χ2v) is 10.5. The van der Waals surface area contributed by atoms with Gasteiger partial charge in [-0.15, -0.1) is 0 Å². The lowest BCUT2D eigenvalue weighted by molar-refractivity contribution is -0.125. The molecule has 0 spiro atoms. The number of anilines is 1. The van der Waals surface area contributed by atoms with Crippen molar-refractivity contribution in [3.8, 4) is 22.8 Å². The lowest BCUT2D eigenvalue weighted by Gasteiger charge is -2.19. The van der Waals surface area contributed by atoms with Crippen molar-refractivity contribution in [2.75, 3.05) is 45.6 Å². The Morgan fingerprint density at radius 3 is 2.61 bits per heavy atom. The van der Waals surface area contributed by atoms with Crippen LogP contribution in [0, 0.1) is 0 Å². The summed E-state index contributed by atoms with van der Waals surface area (Å²) in [5.41, 5.74) is 8.61. The first kappa shape index (κ1) is 26.9. The third-order valence-electron chi connectivity index (χ3n) is 7.69. The number of benzene rings is 2. The summed E-state index contributed by atoms with van der Waals surface area (Å²) in [6.45, 7) is 3.56. The summed E-state index contributed by atoms with van der Waals surface area (Å²) < 4.78 is 13.1. The second kappa shape index (κ2) is 12.1. The van der Waals surface area contributed by atoms with Gasteiger partial charge >= 0.3 is 0 Å². The zero-order valence-electron chi connectivity index (χ0n) is 23.2. The molecule has 1 saturated heterocycles. The van der Waals surface area contributed by atoms with Gasteiger partial charge in [-0.1, -0.05) is 24.3 Å². The van der Waals surface area contributed by atoms with Gasteiger partial charge in [0.05, 0.1) is 18.0 Å². The molecule has 0 bridgehead atoms. The molecule has 2 aliphatic rings. The van der Waals surface area contributed by atoms with Crippen LogP contribution < -0.4 is 10.5 Å². The first-order valence-corrected chi connectivity index (χ1v) is 14.1. The van der Waals surface area contributed by atoms with Gasteiger partial charge in [-0.2, -0.15) is 5.10 Å². The van der Waals surface area contributed by atoms with Crippen LogP contribution in [0.25, 0.3) is 22.3 Å². The molecule has 6 rings (SSSR count). The molecule has 2 fully saturated rings. The number of hydrogen-bond donors (Lipinski definition) is 1. The van der Waals surface area contributed by atoms with Gasteiger partial charge in [0.15, 0.2) is 5.65 Å². The minimum atomic E-state index is -0.0109. The molecule has 1 atom stereocenters. The standard InChI is InChI=1S/C31H35N7O3/c1-40-19-18-36(23-11-12-23)16-5-8-27(39)37-17-15-24(20-37)38-31-28(30(32)33-21-34-31)29(35-38)22-9-13-26(14-10-22)41-25-6-3-2-4-7-25/h2-10,13-14,21,23-24H,11-12,15-20H2,1H3,(H2,32,33,34)/t24-/m1/s1. The molecule has 1 aliphatic carbocycles. The van der Waals surface area contributed by atoms with Gasteiger partial charge in [0.1, 0.15) is 29.3 Å². The van der Waals surface area contributed by atoms with E-state index in [2.05, 4.69) is 14.9 Å². The Labute approximate surface area is 239 Å². The predicted molar refractivity (Wildman–Crippen MR) is 158 cm³/mol. The summed E-state index contributed by atoms with van der Waals surface area (Å²) in [7, 11) is 1.72. The normalized spacial score (nSPS) is 17.2. The number of methoxy groups -OCH3 is 1. The molecule has 0 radical (unpaired) electrons. The van der Waals surface area contributed by atoms with Gasteiger partial charge in [-0.05, 0) is 55.7 Å². The number of likely N-dealkylation sites (tertiary alicyclic amines) is 1. The van der Waals surface area contributed by atoms with Crippen LogP contribution in [0.15, 0.2) is 73.1 Å². The van der Waals surface area contributed by atoms with Crippen molar-refractivity contribution in [2.45, 2.75) is 31.3 Å². The van der Waals surface area contributed by atoms with E-state index in [-0.39, 0.29) is 11.9 Å². The second-order valence-electron chi connectivity index (χ2n) is 10.5. The van der Waals surface area contributed by atoms with Crippen LogP contribution in [0.2, 0.25) is 0 Å². The molecule has 1 saturated carbocycles. The van der Waals surface area contributed by atoms with Crippen molar-refractivity contribution in [1.82, 2.24) is 29.5 Å². The van der Waals surface area contributed by atoms with E-state index in [1.165, 1.54) is 19.2 Å². The van der Waals surface area contributed by atoms with Crippen molar-refractivity contribution in [1.29, 1.82) is 0 Å². The minimum Gasteiger partial charge on any atom is -0.457 e. The summed E-state index contributed by atoms with van der Waals surface area (Å²) in [5.74, 6) is 1.90. The molecular formula is C31H35N7O3. The van der Waals surface area contributed by atoms with Crippen LogP contribution in [-0.4, -0.2) is 81.4 Å². The molecular weight excluding hydrogens is 518 g/mol. The minimum absolute atomic E-state index is 0.0109. The molecule has 2 aromatic heterocycles. The molecule has 212 valence electrons. The third-order valence-corrected chi connectivity index (χ3v) is 7.69. The quantitative estimate of drug-likeness (QED) is 0.274. The average Bonchev–Trinajstić information content (AvgIpc) is 3.58. The van der Waals surface area contributed by atoms with Crippen LogP contribution in [0.1, 0.15) is 25.3 Å². The maximum absolute atomic E-state index is 13.0. The number of nitrogens with zero attached hydrogens (tertiary/aromatic N) is 6. The van der Waals surface area contributed by atoms with E-state index < -0.39 is 0 Å². The maximum Gasteiger partial charge on any atom is 0.246 e. The lowest BCUT2D eigenvalue weighted by atomic mass is 10.1. The zero-order chi connectivity index (χ0) is 28.2. The van der Waals surface area contributed by atoms with Crippen molar-refractivity contribution in [2.24, 2.45) is 0 Å². The van der Waals surface area contributed by atoms with Crippen LogP contribution in [-0.2, 0) is 9.53 Å². The number of carbonyl (C=O) groups excluding carboxylic acids is 1. The number of nitrogen functional groups attached to an aromatic ring is 1. The molecule has 10 heteroatoms. The van der Waals surface area contributed by atoms with Crippen LogP contribution in [0.5, 0.6) is 11.5 Å². The van der Waals surface area contributed by atoms with Crippen molar-refractivity contribution < 1.29 is 14.3 Å². The topological polar surface area (TPSA) is 112 Å². The highest BCUT2D eigenvalue weighted by Crippen LogP contribution is 2.35. The average molecular weight is 554 g/mol. The molecule has 41 heavy (non-hydrogen) atoms. The fraction of sp³-hybridized carbons (Fsp3) is 0.355. The Kier molecular flexibility index (Phi) is 7.93. The number of nitrogens with two attached hydrogens (primary N) is 1. The molecule has 2 N–H and O–H groups in total. The smallest absolute Gasteiger partial charge is 0.246 e. The summed E-state index contributed by atoms with van der Waals surface area (Å²) in [5, 5.41) is 5.68. The SMILES string of the molecule is COCCN(CC=CC(=O)N1CC[C@@H](n2nc(-c3ccc(Oc4ccccc4)cc3)c3c(N)ncnc32)C1)C1CC1. The fourth-order valence-corrected chi connectivity index (χ4v) is 5.36. The molecule has 0 unspecified atom stereocenters. The van der Waals surface area contributed by atoms with Gasteiger partial charge in [-0.3, -0.25) is 9.69 Å². The Bertz CT molecular complexity index is 1520. The molecule has 1 amide bonds. The number of fused-ring (bicyclic) bond motifs is 1. The number of hydrogen-bond acceptors (Lipinski definition) is 8. The number of rotatable bonds is 11. The Morgan fingerprint density at radius 1 is 1.07 bits per heavy atom. The first-order valence-electron chi connectivity index (χ1n) is 14.1. The Hall–Kier alpha value is -4.28. The first-order chi connectivity index (χ1) is 20.1. The summed E-state index contributed by atoms with van der Waals surface area (Å²) in [6.07, 6.45) is 8.37. The molecule has 3 heterocycles. The number of ether oxygens (including phenoxy) is 2. The van der Waals surface area contributed by atoms with Gasteiger partial charge in [0.2, 0.25) is 5.91 Å².